The topological polar surface area (TPSA) is 112 Å². The summed E-state index contributed by atoms with van der Waals surface area (Å²) in [6.45, 7) is 8.98. The molecule has 1 saturated heterocycles. The molecule has 0 amide bonds. The second kappa shape index (κ2) is 11.2. The summed E-state index contributed by atoms with van der Waals surface area (Å²) in [6, 6.07) is 5.81. The lowest BCUT2D eigenvalue weighted by atomic mass is 10.0. The van der Waals surface area contributed by atoms with Gasteiger partial charge in [-0.15, -0.1) is 35.0 Å². The van der Waals surface area contributed by atoms with E-state index in [1.807, 2.05) is 19.1 Å². The Morgan fingerprint density at radius 1 is 1.06 bits per heavy atom. The number of piperazine rings is 1. The molecule has 9 nitrogen and oxygen atoms in total. The summed E-state index contributed by atoms with van der Waals surface area (Å²) >= 11 is 0. The van der Waals surface area contributed by atoms with Gasteiger partial charge in [0.1, 0.15) is 23.0 Å². The van der Waals surface area contributed by atoms with Gasteiger partial charge in [0.15, 0.2) is 5.82 Å². The van der Waals surface area contributed by atoms with Crippen molar-refractivity contribution in [3.63, 3.8) is 0 Å². The molecule has 4 heterocycles. The van der Waals surface area contributed by atoms with Crippen molar-refractivity contribution in [1.82, 2.24) is 30.5 Å². The summed E-state index contributed by atoms with van der Waals surface area (Å²) in [6.07, 6.45) is 4.99. The van der Waals surface area contributed by atoms with Gasteiger partial charge < -0.3 is 20.6 Å². The monoisotopic (exact) mass is 478 g/mol. The fourth-order valence-corrected chi connectivity index (χ4v) is 3.40. The first kappa shape index (κ1) is 25.5. The van der Waals surface area contributed by atoms with E-state index in [9.17, 15) is 5.11 Å². The predicted octanol–water partition coefficient (Wildman–Crippen LogP) is 3.36. The first-order valence-corrected chi connectivity index (χ1v) is 10.1. The molecule has 1 fully saturated rings. The van der Waals surface area contributed by atoms with Crippen LogP contribution >= 0.6 is 24.8 Å². The zero-order valence-corrected chi connectivity index (χ0v) is 19.8. The Bertz CT molecular complexity index is 1000. The van der Waals surface area contributed by atoms with E-state index in [4.69, 9.17) is 0 Å². The van der Waals surface area contributed by atoms with Crippen molar-refractivity contribution in [2.45, 2.75) is 26.8 Å². The molecule has 3 aromatic heterocycles. The lowest BCUT2D eigenvalue weighted by Crippen LogP contribution is -2.53. The Labute approximate surface area is 199 Å². The molecule has 0 aromatic carbocycles. The van der Waals surface area contributed by atoms with Gasteiger partial charge in [0.2, 0.25) is 0 Å². The molecule has 0 radical (unpaired) electrons. The van der Waals surface area contributed by atoms with Crippen molar-refractivity contribution >= 4 is 42.0 Å². The van der Waals surface area contributed by atoms with Crippen LogP contribution in [0, 0.1) is 12.8 Å². The number of aromatic nitrogens is 5. The molecule has 172 valence electrons. The zero-order valence-electron chi connectivity index (χ0n) is 18.2. The number of nitrogens with zero attached hydrogens (tertiary/aromatic N) is 6. The zero-order chi connectivity index (χ0) is 21.1. The van der Waals surface area contributed by atoms with Crippen LogP contribution in [0.3, 0.4) is 0 Å². The number of hydrogen-bond acceptors (Lipinski definition) is 9. The van der Waals surface area contributed by atoms with Crippen molar-refractivity contribution in [1.29, 1.82) is 0 Å². The molecule has 0 spiro atoms. The number of anilines is 3. The number of rotatable bonds is 5. The van der Waals surface area contributed by atoms with Gasteiger partial charge in [-0.1, -0.05) is 13.8 Å². The minimum atomic E-state index is 0. The number of halogens is 2. The SMILES string of the molecule is Cc1ncc(Nc2cnc(-c3ccc(N4CCN[C@@H](C(C)C)C4)nn3)c(O)c2)cn1.Cl.Cl. The van der Waals surface area contributed by atoms with E-state index in [0.717, 1.165) is 31.1 Å². The Morgan fingerprint density at radius 3 is 2.41 bits per heavy atom. The first-order chi connectivity index (χ1) is 14.5. The second-order valence-electron chi connectivity index (χ2n) is 7.76. The summed E-state index contributed by atoms with van der Waals surface area (Å²) in [4.78, 5) is 14.9. The number of aromatic hydroxyl groups is 1. The summed E-state index contributed by atoms with van der Waals surface area (Å²) < 4.78 is 0. The van der Waals surface area contributed by atoms with Gasteiger partial charge in [-0.25, -0.2) is 15.0 Å². The van der Waals surface area contributed by atoms with Crippen LogP contribution in [0.4, 0.5) is 17.2 Å². The van der Waals surface area contributed by atoms with Crippen molar-refractivity contribution in [3.8, 4) is 17.1 Å². The minimum absolute atomic E-state index is 0. The minimum Gasteiger partial charge on any atom is -0.506 e. The second-order valence-corrected chi connectivity index (χ2v) is 7.76. The average molecular weight is 479 g/mol. The lowest BCUT2D eigenvalue weighted by Gasteiger charge is -2.36. The van der Waals surface area contributed by atoms with Crippen molar-refractivity contribution in [2.24, 2.45) is 5.92 Å². The Hall–Kier alpha value is -2.75. The smallest absolute Gasteiger partial charge is 0.151 e. The molecule has 3 N–H and O–H groups in total. The van der Waals surface area contributed by atoms with E-state index in [0.29, 0.717) is 34.9 Å². The highest BCUT2D eigenvalue weighted by Gasteiger charge is 2.23. The van der Waals surface area contributed by atoms with E-state index in [-0.39, 0.29) is 30.6 Å². The van der Waals surface area contributed by atoms with Crippen LogP contribution < -0.4 is 15.5 Å². The molecule has 1 atom stereocenters. The van der Waals surface area contributed by atoms with Crippen LogP contribution in [0.2, 0.25) is 0 Å². The van der Waals surface area contributed by atoms with Gasteiger partial charge in [-0.05, 0) is 25.0 Å². The molecule has 1 aliphatic rings. The Kier molecular flexibility index (Phi) is 8.94. The normalized spacial score (nSPS) is 15.6. The molecule has 0 unspecified atom stereocenters. The summed E-state index contributed by atoms with van der Waals surface area (Å²) in [5.41, 5.74) is 2.26. The van der Waals surface area contributed by atoms with Gasteiger partial charge in [0.05, 0.1) is 30.0 Å². The van der Waals surface area contributed by atoms with Crippen LogP contribution in [0.25, 0.3) is 11.4 Å². The molecule has 1 aliphatic heterocycles. The van der Waals surface area contributed by atoms with E-state index in [1.165, 1.54) is 0 Å². The summed E-state index contributed by atoms with van der Waals surface area (Å²) in [7, 11) is 0. The third-order valence-corrected chi connectivity index (χ3v) is 5.16. The first-order valence-electron chi connectivity index (χ1n) is 10.1. The molecule has 3 aromatic rings. The highest BCUT2D eigenvalue weighted by molar-refractivity contribution is 5.85. The van der Waals surface area contributed by atoms with E-state index in [2.05, 4.69) is 54.5 Å². The van der Waals surface area contributed by atoms with Gasteiger partial charge in [-0.2, -0.15) is 0 Å². The van der Waals surface area contributed by atoms with E-state index >= 15 is 0 Å². The fraction of sp³-hybridized carbons (Fsp3) is 0.381. The maximum Gasteiger partial charge on any atom is 0.151 e. The molecule has 32 heavy (non-hydrogen) atoms. The molecule has 11 heteroatoms. The van der Waals surface area contributed by atoms with Gasteiger partial charge in [-0.3, -0.25) is 0 Å². The number of nitrogens with one attached hydrogen (secondary N) is 2. The third kappa shape index (κ3) is 5.93. The van der Waals surface area contributed by atoms with Crippen molar-refractivity contribution in [3.05, 3.63) is 42.6 Å². The molecular weight excluding hydrogens is 451 g/mol. The quantitative estimate of drug-likeness (QED) is 0.507. The molecular formula is C21H28Cl2N8O. The van der Waals surface area contributed by atoms with Crippen molar-refractivity contribution < 1.29 is 5.11 Å². The largest absolute Gasteiger partial charge is 0.506 e. The van der Waals surface area contributed by atoms with Crippen LogP contribution in [0.5, 0.6) is 5.75 Å². The highest BCUT2D eigenvalue weighted by Crippen LogP contribution is 2.29. The fourth-order valence-electron chi connectivity index (χ4n) is 3.40. The molecule has 0 aliphatic carbocycles. The van der Waals surface area contributed by atoms with E-state index in [1.54, 1.807) is 24.7 Å². The average Bonchev–Trinajstić information content (AvgIpc) is 2.76. The number of hydrogen-bond donors (Lipinski definition) is 3. The Balaban J connectivity index is 0.00000181. The van der Waals surface area contributed by atoms with Crippen molar-refractivity contribution in [2.75, 3.05) is 29.9 Å². The standard InChI is InChI=1S/C21H26N8O.2ClH/c1-13(2)18-12-29(7-6-22-18)20-5-4-17(27-28-20)21-19(30)8-15(9-25-21)26-16-10-23-14(3)24-11-16;;/h4-5,8-11,13,18,22,26,30H,6-7,12H2,1-3H3;2*1H/t18-;;/m1../s1. The predicted molar refractivity (Wildman–Crippen MR) is 130 cm³/mol. The molecule has 0 saturated carbocycles. The van der Waals surface area contributed by atoms with Crippen LogP contribution in [-0.4, -0.2) is 55.9 Å². The maximum absolute atomic E-state index is 10.5. The summed E-state index contributed by atoms with van der Waals surface area (Å²) in [5, 5.41) is 25.8. The van der Waals surface area contributed by atoms with E-state index < -0.39 is 0 Å². The van der Waals surface area contributed by atoms with Crippen LogP contribution in [0.15, 0.2) is 36.8 Å². The maximum atomic E-state index is 10.5. The Morgan fingerprint density at radius 2 is 1.78 bits per heavy atom. The number of aryl methyl sites for hydroxylation is 1. The molecule has 4 rings (SSSR count). The van der Waals surface area contributed by atoms with Gasteiger partial charge in [0.25, 0.3) is 0 Å². The third-order valence-electron chi connectivity index (χ3n) is 5.16. The number of pyridine rings is 1. The lowest BCUT2D eigenvalue weighted by molar-refractivity contribution is 0.367. The highest BCUT2D eigenvalue weighted by atomic mass is 35.5. The summed E-state index contributed by atoms with van der Waals surface area (Å²) in [5.74, 6) is 2.11. The van der Waals surface area contributed by atoms with Crippen LogP contribution in [0.1, 0.15) is 19.7 Å². The van der Waals surface area contributed by atoms with Gasteiger partial charge >= 0.3 is 0 Å². The van der Waals surface area contributed by atoms with Crippen LogP contribution in [-0.2, 0) is 0 Å². The molecule has 0 bridgehead atoms. The van der Waals surface area contributed by atoms with Gasteiger partial charge in [0, 0.05) is 31.7 Å².